The third kappa shape index (κ3) is 3.08. The Morgan fingerprint density at radius 3 is 2.95 bits per heavy atom. The molecule has 0 N–H and O–H groups in total. The van der Waals surface area contributed by atoms with Gasteiger partial charge in [-0.25, -0.2) is 4.39 Å². The molecule has 2 aromatic rings. The number of aromatic nitrogens is 2. The zero-order chi connectivity index (χ0) is 14.7. The van der Waals surface area contributed by atoms with Gasteiger partial charge in [-0.3, -0.25) is 9.48 Å². The number of nitrogens with zero attached hydrogens (tertiary/aromatic N) is 2. The van der Waals surface area contributed by atoms with Crippen LogP contribution in [0.3, 0.4) is 0 Å². The van der Waals surface area contributed by atoms with Gasteiger partial charge in [0.25, 0.3) is 0 Å². The molecule has 20 heavy (non-hydrogen) atoms. The Balaban J connectivity index is 2.40. The molecule has 0 unspecified atom stereocenters. The number of ketones is 1. The van der Waals surface area contributed by atoms with Crippen LogP contribution in [-0.2, 0) is 11.3 Å². The molecule has 0 amide bonds. The van der Waals surface area contributed by atoms with Crippen LogP contribution >= 0.6 is 27.5 Å². The van der Waals surface area contributed by atoms with Crippen molar-refractivity contribution in [3.63, 3.8) is 0 Å². The number of methoxy groups -OCH3 is 1. The van der Waals surface area contributed by atoms with E-state index in [0.717, 1.165) is 6.07 Å². The number of benzene rings is 1. The van der Waals surface area contributed by atoms with Gasteiger partial charge in [-0.05, 0) is 34.1 Å². The van der Waals surface area contributed by atoms with Gasteiger partial charge in [-0.1, -0.05) is 11.6 Å². The quantitative estimate of drug-likeness (QED) is 0.768. The lowest BCUT2D eigenvalue weighted by atomic mass is 10.1. The highest BCUT2D eigenvalue weighted by molar-refractivity contribution is 9.10. The molecule has 2 rings (SSSR count). The highest BCUT2D eigenvalue weighted by Gasteiger charge is 2.21. The summed E-state index contributed by atoms with van der Waals surface area (Å²) >= 11 is 9.20. The first kappa shape index (κ1) is 15.2. The summed E-state index contributed by atoms with van der Waals surface area (Å²) in [5, 5.41) is 4.17. The normalized spacial score (nSPS) is 10.8. The number of carbonyl (C=O) groups is 1. The molecule has 1 heterocycles. The highest BCUT2D eigenvalue weighted by atomic mass is 79.9. The van der Waals surface area contributed by atoms with Crippen LogP contribution in [0.5, 0.6) is 0 Å². The van der Waals surface area contributed by atoms with Gasteiger partial charge in [-0.15, -0.1) is 0 Å². The lowest BCUT2D eigenvalue weighted by Gasteiger charge is -2.08. The summed E-state index contributed by atoms with van der Waals surface area (Å²) in [5.74, 6) is -0.811. The van der Waals surface area contributed by atoms with E-state index in [1.165, 1.54) is 23.0 Å². The van der Waals surface area contributed by atoms with E-state index >= 15 is 0 Å². The molecule has 0 saturated heterocycles. The second kappa shape index (κ2) is 6.47. The zero-order valence-corrected chi connectivity index (χ0v) is 12.9. The summed E-state index contributed by atoms with van der Waals surface area (Å²) in [4.78, 5) is 12.5. The number of hydrogen-bond acceptors (Lipinski definition) is 3. The number of hydrogen-bond donors (Lipinski definition) is 0. The molecule has 1 aromatic heterocycles. The number of rotatable bonds is 5. The van der Waals surface area contributed by atoms with Crippen molar-refractivity contribution in [2.24, 2.45) is 0 Å². The Hall–Kier alpha value is -1.24. The molecule has 1 aromatic carbocycles. The topological polar surface area (TPSA) is 44.1 Å². The summed E-state index contributed by atoms with van der Waals surface area (Å²) in [6.07, 6.45) is 1.53. The zero-order valence-electron chi connectivity index (χ0n) is 10.6. The molecule has 0 aliphatic carbocycles. The maximum atomic E-state index is 13.0. The Morgan fingerprint density at radius 1 is 1.55 bits per heavy atom. The molecular formula is C13H11BrClFN2O2. The molecule has 4 nitrogen and oxygen atoms in total. The van der Waals surface area contributed by atoms with Gasteiger partial charge in [0.05, 0.1) is 28.8 Å². The standard InChI is InChI=1S/C13H11BrClFN2O2/c1-20-5-4-18-12(10(14)7-17-18)13(19)9-3-2-8(16)6-11(9)15/h2-3,6-7H,4-5H2,1H3. The van der Waals surface area contributed by atoms with Gasteiger partial charge in [0, 0.05) is 12.7 Å². The monoisotopic (exact) mass is 360 g/mol. The molecule has 0 fully saturated rings. The largest absolute Gasteiger partial charge is 0.383 e. The molecule has 0 bridgehead atoms. The molecule has 0 aliphatic heterocycles. The first-order valence-electron chi connectivity index (χ1n) is 5.74. The lowest BCUT2D eigenvalue weighted by molar-refractivity contribution is 0.102. The average Bonchev–Trinajstić information content (AvgIpc) is 2.77. The molecule has 0 spiro atoms. The highest BCUT2D eigenvalue weighted by Crippen LogP contribution is 2.24. The van der Waals surface area contributed by atoms with Gasteiger partial charge in [0.1, 0.15) is 11.5 Å². The lowest BCUT2D eigenvalue weighted by Crippen LogP contribution is -2.15. The maximum absolute atomic E-state index is 13.0. The minimum Gasteiger partial charge on any atom is -0.383 e. The van der Waals surface area contributed by atoms with Gasteiger partial charge >= 0.3 is 0 Å². The van der Waals surface area contributed by atoms with Crippen molar-refractivity contribution in [3.8, 4) is 0 Å². The average molecular weight is 362 g/mol. The molecule has 0 saturated carbocycles. The molecule has 106 valence electrons. The number of halogens is 3. The van der Waals surface area contributed by atoms with E-state index in [2.05, 4.69) is 21.0 Å². The van der Waals surface area contributed by atoms with E-state index in [1.54, 1.807) is 7.11 Å². The molecule has 0 aliphatic rings. The fourth-order valence-electron chi connectivity index (χ4n) is 1.74. The van der Waals surface area contributed by atoms with Crippen molar-refractivity contribution in [2.75, 3.05) is 13.7 Å². The summed E-state index contributed by atoms with van der Waals surface area (Å²) in [6, 6.07) is 3.67. The van der Waals surface area contributed by atoms with Crippen LogP contribution in [0, 0.1) is 5.82 Å². The third-order valence-electron chi connectivity index (χ3n) is 2.69. The fraction of sp³-hybridized carbons (Fsp3) is 0.231. The Kier molecular flexibility index (Phi) is 4.91. The van der Waals surface area contributed by atoms with Gasteiger partial charge in [-0.2, -0.15) is 5.10 Å². The SMILES string of the molecule is COCCn1ncc(Br)c1C(=O)c1ccc(F)cc1Cl. The van der Waals surface area contributed by atoms with Crippen molar-refractivity contribution in [1.82, 2.24) is 9.78 Å². The summed E-state index contributed by atoms with van der Waals surface area (Å²) in [5.41, 5.74) is 0.587. The number of ether oxygens (including phenoxy) is 1. The van der Waals surface area contributed by atoms with Crippen molar-refractivity contribution in [3.05, 3.63) is 51.0 Å². The third-order valence-corrected chi connectivity index (χ3v) is 3.59. The maximum Gasteiger partial charge on any atom is 0.213 e. The number of carbonyl (C=O) groups excluding carboxylic acids is 1. The van der Waals surface area contributed by atoms with Crippen LogP contribution in [0.15, 0.2) is 28.9 Å². The van der Waals surface area contributed by atoms with E-state index in [4.69, 9.17) is 16.3 Å². The molecule has 7 heteroatoms. The van der Waals surface area contributed by atoms with Gasteiger partial charge in [0.15, 0.2) is 0 Å². The second-order valence-corrected chi connectivity index (χ2v) is 5.27. The van der Waals surface area contributed by atoms with E-state index in [9.17, 15) is 9.18 Å². The van der Waals surface area contributed by atoms with E-state index in [1.807, 2.05) is 0 Å². The Morgan fingerprint density at radius 2 is 2.30 bits per heavy atom. The van der Waals surface area contributed by atoms with Crippen LogP contribution in [-0.4, -0.2) is 29.3 Å². The van der Waals surface area contributed by atoms with Crippen LogP contribution in [0.2, 0.25) is 5.02 Å². The second-order valence-electron chi connectivity index (χ2n) is 4.01. The van der Waals surface area contributed by atoms with Crippen molar-refractivity contribution in [2.45, 2.75) is 6.54 Å². The minimum absolute atomic E-state index is 0.0707. The molecule has 0 atom stereocenters. The van der Waals surface area contributed by atoms with Crippen molar-refractivity contribution < 1.29 is 13.9 Å². The van der Waals surface area contributed by atoms with Crippen molar-refractivity contribution in [1.29, 1.82) is 0 Å². The predicted molar refractivity (Wildman–Crippen MR) is 76.6 cm³/mol. The molecular weight excluding hydrogens is 351 g/mol. The van der Waals surface area contributed by atoms with E-state index in [0.29, 0.717) is 23.3 Å². The Labute approximate surface area is 128 Å². The van der Waals surface area contributed by atoms with Crippen LogP contribution in [0.1, 0.15) is 16.1 Å². The van der Waals surface area contributed by atoms with Crippen LogP contribution in [0.4, 0.5) is 4.39 Å². The smallest absolute Gasteiger partial charge is 0.213 e. The van der Waals surface area contributed by atoms with Crippen LogP contribution in [0.25, 0.3) is 0 Å². The Bertz CT molecular complexity index is 645. The van der Waals surface area contributed by atoms with Gasteiger partial charge in [0.2, 0.25) is 5.78 Å². The summed E-state index contributed by atoms with van der Waals surface area (Å²) in [6.45, 7) is 0.855. The fourth-order valence-corrected chi connectivity index (χ4v) is 2.47. The summed E-state index contributed by atoms with van der Waals surface area (Å²) < 4.78 is 20.1. The first-order valence-corrected chi connectivity index (χ1v) is 6.91. The minimum atomic E-state index is -0.487. The predicted octanol–water partition coefficient (Wildman–Crippen LogP) is 3.32. The van der Waals surface area contributed by atoms with Crippen molar-refractivity contribution >= 4 is 33.3 Å². The molecule has 0 radical (unpaired) electrons. The van der Waals surface area contributed by atoms with Gasteiger partial charge < -0.3 is 4.74 Å². The van der Waals surface area contributed by atoms with E-state index < -0.39 is 5.82 Å². The first-order chi connectivity index (χ1) is 9.54. The summed E-state index contributed by atoms with van der Waals surface area (Å²) in [7, 11) is 1.57. The van der Waals surface area contributed by atoms with Crippen LogP contribution < -0.4 is 0 Å². The van der Waals surface area contributed by atoms with E-state index in [-0.39, 0.29) is 16.4 Å².